The molecule has 3 heterocycles. The second-order valence-electron chi connectivity index (χ2n) is 5.67. The van der Waals surface area contributed by atoms with Crippen LogP contribution in [0.15, 0.2) is 53.8 Å². The van der Waals surface area contributed by atoms with Gasteiger partial charge in [-0.15, -0.1) is 0 Å². The van der Waals surface area contributed by atoms with Crippen LogP contribution in [0.3, 0.4) is 0 Å². The average molecular weight is 328 g/mol. The molecule has 25 heavy (non-hydrogen) atoms. The number of pyridine rings is 2. The van der Waals surface area contributed by atoms with E-state index in [0.29, 0.717) is 17.4 Å². The Morgan fingerprint density at radius 2 is 2.12 bits per heavy atom. The summed E-state index contributed by atoms with van der Waals surface area (Å²) in [6, 6.07) is 7.83. The molecule has 0 spiro atoms. The monoisotopic (exact) mass is 328 g/mol. The standard InChI is InChI=1S/C18H15BN5O/c1-19-11-2-3-13-14(8-11)16-15(4-5-22-18(16)25)24-17(13)23-10-12-9-20-6-7-21-12/h2-9H,10H2,1H3,(H,22,25)(H,23,24). The lowest BCUT2D eigenvalue weighted by molar-refractivity contribution is 1.00. The normalized spacial score (nSPS) is 10.9. The molecule has 0 aliphatic heterocycles. The molecule has 4 aromatic rings. The van der Waals surface area contributed by atoms with Crippen molar-refractivity contribution in [2.45, 2.75) is 13.4 Å². The Hall–Kier alpha value is -3.22. The first-order valence-electron chi connectivity index (χ1n) is 7.99. The topological polar surface area (TPSA) is 83.6 Å². The summed E-state index contributed by atoms with van der Waals surface area (Å²) in [6.07, 6.45) is 6.63. The van der Waals surface area contributed by atoms with Crippen molar-refractivity contribution in [2.75, 3.05) is 5.32 Å². The molecule has 1 aromatic carbocycles. The molecule has 4 rings (SSSR count). The highest BCUT2D eigenvalue weighted by Gasteiger charge is 2.11. The van der Waals surface area contributed by atoms with Crippen molar-refractivity contribution in [2.24, 2.45) is 0 Å². The maximum Gasteiger partial charge on any atom is 0.258 e. The van der Waals surface area contributed by atoms with Gasteiger partial charge in [0.05, 0.1) is 29.3 Å². The predicted molar refractivity (Wildman–Crippen MR) is 100 cm³/mol. The Labute approximate surface area is 144 Å². The third-order valence-corrected chi connectivity index (χ3v) is 4.13. The van der Waals surface area contributed by atoms with Gasteiger partial charge in [-0.3, -0.25) is 14.8 Å². The predicted octanol–water partition coefficient (Wildman–Crippen LogP) is 1.86. The summed E-state index contributed by atoms with van der Waals surface area (Å²) in [5.74, 6) is 0.724. The van der Waals surface area contributed by atoms with Crippen LogP contribution in [0.1, 0.15) is 5.69 Å². The van der Waals surface area contributed by atoms with Crippen molar-refractivity contribution in [3.63, 3.8) is 0 Å². The number of rotatable bonds is 4. The smallest absolute Gasteiger partial charge is 0.258 e. The van der Waals surface area contributed by atoms with Crippen LogP contribution in [-0.2, 0) is 6.54 Å². The van der Waals surface area contributed by atoms with Gasteiger partial charge in [-0.05, 0) is 11.5 Å². The van der Waals surface area contributed by atoms with Gasteiger partial charge in [-0.1, -0.05) is 30.5 Å². The van der Waals surface area contributed by atoms with Gasteiger partial charge in [0.15, 0.2) is 0 Å². The lowest BCUT2D eigenvalue weighted by Crippen LogP contribution is -2.13. The fraction of sp³-hybridized carbons (Fsp3) is 0.111. The number of fused-ring (bicyclic) bond motifs is 3. The third-order valence-electron chi connectivity index (χ3n) is 4.13. The Balaban J connectivity index is 1.89. The summed E-state index contributed by atoms with van der Waals surface area (Å²) in [7, 11) is 2.01. The number of hydrogen-bond acceptors (Lipinski definition) is 5. The molecule has 0 unspecified atom stereocenters. The number of nitrogens with one attached hydrogen (secondary N) is 2. The van der Waals surface area contributed by atoms with Crippen LogP contribution < -0.4 is 16.3 Å². The van der Waals surface area contributed by atoms with Crippen molar-refractivity contribution in [3.8, 4) is 0 Å². The van der Waals surface area contributed by atoms with Crippen LogP contribution in [0.5, 0.6) is 0 Å². The second-order valence-corrected chi connectivity index (χ2v) is 5.67. The molecule has 0 aliphatic rings. The van der Waals surface area contributed by atoms with E-state index < -0.39 is 0 Å². The Kier molecular flexibility index (Phi) is 3.89. The zero-order valence-electron chi connectivity index (χ0n) is 13.7. The van der Waals surface area contributed by atoms with Gasteiger partial charge in [-0.2, -0.15) is 0 Å². The molecular formula is C18H15BN5O. The van der Waals surface area contributed by atoms with E-state index >= 15 is 0 Å². The molecule has 0 atom stereocenters. The molecule has 6 nitrogen and oxygen atoms in total. The molecule has 121 valence electrons. The highest BCUT2D eigenvalue weighted by atomic mass is 16.1. The van der Waals surface area contributed by atoms with E-state index in [1.54, 1.807) is 24.8 Å². The maximum atomic E-state index is 12.3. The zero-order chi connectivity index (χ0) is 17.2. The molecule has 2 N–H and O–H groups in total. The first-order chi connectivity index (χ1) is 12.3. The van der Waals surface area contributed by atoms with Gasteiger partial charge in [0, 0.05) is 24.0 Å². The van der Waals surface area contributed by atoms with Crippen LogP contribution >= 0.6 is 0 Å². The minimum atomic E-state index is -0.135. The number of hydrogen-bond donors (Lipinski definition) is 2. The van der Waals surface area contributed by atoms with Crippen molar-refractivity contribution < 1.29 is 0 Å². The van der Waals surface area contributed by atoms with Crippen LogP contribution in [0.4, 0.5) is 5.82 Å². The quantitative estimate of drug-likeness (QED) is 0.441. The van der Waals surface area contributed by atoms with Gasteiger partial charge >= 0.3 is 0 Å². The van der Waals surface area contributed by atoms with Crippen LogP contribution in [0.2, 0.25) is 6.82 Å². The molecule has 0 saturated carbocycles. The van der Waals surface area contributed by atoms with Crippen LogP contribution in [-0.4, -0.2) is 27.2 Å². The number of aromatic nitrogens is 4. The lowest BCUT2D eigenvalue weighted by atomic mass is 9.73. The van der Waals surface area contributed by atoms with Gasteiger partial charge < -0.3 is 10.3 Å². The largest absolute Gasteiger partial charge is 0.364 e. The van der Waals surface area contributed by atoms with Gasteiger partial charge in [0.25, 0.3) is 5.56 Å². The summed E-state index contributed by atoms with van der Waals surface area (Å²) in [5.41, 5.74) is 2.40. The molecule has 3 aromatic heterocycles. The van der Waals surface area contributed by atoms with E-state index in [2.05, 4.69) is 25.3 Å². The second kappa shape index (κ2) is 6.35. The first-order valence-corrected chi connectivity index (χ1v) is 7.99. The van der Waals surface area contributed by atoms with Crippen molar-refractivity contribution in [3.05, 3.63) is 65.1 Å². The Morgan fingerprint density at radius 1 is 1.20 bits per heavy atom. The van der Waals surface area contributed by atoms with Gasteiger partial charge in [0.1, 0.15) is 13.1 Å². The summed E-state index contributed by atoms with van der Waals surface area (Å²) in [4.78, 5) is 28.1. The zero-order valence-corrected chi connectivity index (χ0v) is 13.7. The van der Waals surface area contributed by atoms with Crippen molar-refractivity contribution >= 4 is 40.2 Å². The number of aromatic amines is 1. The van der Waals surface area contributed by atoms with E-state index in [4.69, 9.17) is 0 Å². The number of nitrogens with zero attached hydrogens (tertiary/aromatic N) is 3. The van der Waals surface area contributed by atoms with Gasteiger partial charge in [-0.25, -0.2) is 4.98 Å². The van der Waals surface area contributed by atoms with E-state index in [-0.39, 0.29) is 5.56 Å². The van der Waals surface area contributed by atoms with E-state index in [1.807, 2.05) is 38.4 Å². The SMILES string of the molecule is C[B]c1ccc2c(NCc3cnccn3)nc3cc[nH]c(=O)c3c2c1. The average Bonchev–Trinajstić information content (AvgIpc) is 2.66. The maximum absolute atomic E-state index is 12.3. The molecule has 0 fully saturated rings. The lowest BCUT2D eigenvalue weighted by Gasteiger charge is -2.12. The third kappa shape index (κ3) is 2.84. The molecule has 7 heteroatoms. The molecule has 0 saturated heterocycles. The molecule has 0 amide bonds. The molecule has 0 bridgehead atoms. The fourth-order valence-corrected chi connectivity index (χ4v) is 2.89. The van der Waals surface area contributed by atoms with Crippen LogP contribution in [0.25, 0.3) is 21.7 Å². The van der Waals surface area contributed by atoms with Crippen LogP contribution in [0, 0.1) is 0 Å². The van der Waals surface area contributed by atoms with Crippen molar-refractivity contribution in [1.82, 2.24) is 19.9 Å². The minimum Gasteiger partial charge on any atom is -0.364 e. The Bertz CT molecular complexity index is 1110. The highest BCUT2D eigenvalue weighted by Crippen LogP contribution is 2.26. The summed E-state index contributed by atoms with van der Waals surface area (Å²) in [5, 5.41) is 5.70. The number of H-pyrrole nitrogens is 1. The summed E-state index contributed by atoms with van der Waals surface area (Å²) < 4.78 is 0. The molecular weight excluding hydrogens is 313 g/mol. The van der Waals surface area contributed by atoms with E-state index in [1.165, 1.54) is 0 Å². The Morgan fingerprint density at radius 3 is 2.92 bits per heavy atom. The minimum absolute atomic E-state index is 0.135. The summed E-state index contributed by atoms with van der Waals surface area (Å²) >= 11 is 0. The van der Waals surface area contributed by atoms with E-state index in [0.717, 1.165) is 27.7 Å². The van der Waals surface area contributed by atoms with Gasteiger partial charge in [0.2, 0.25) is 0 Å². The molecule has 1 radical (unpaired) electrons. The number of anilines is 1. The number of benzene rings is 1. The first kappa shape index (κ1) is 15.3. The van der Waals surface area contributed by atoms with Crippen molar-refractivity contribution in [1.29, 1.82) is 0 Å². The van der Waals surface area contributed by atoms with E-state index in [9.17, 15) is 4.79 Å². The molecule has 0 aliphatic carbocycles. The highest BCUT2D eigenvalue weighted by molar-refractivity contribution is 6.52. The fourth-order valence-electron chi connectivity index (χ4n) is 2.89. The summed E-state index contributed by atoms with van der Waals surface area (Å²) in [6.45, 7) is 2.48.